The van der Waals surface area contributed by atoms with Crippen molar-refractivity contribution in [1.82, 2.24) is 10.2 Å². The van der Waals surface area contributed by atoms with Gasteiger partial charge in [0.2, 0.25) is 0 Å². The Morgan fingerprint density at radius 2 is 1.96 bits per heavy atom. The van der Waals surface area contributed by atoms with E-state index in [0.717, 1.165) is 10.0 Å². The van der Waals surface area contributed by atoms with Gasteiger partial charge in [-0.25, -0.2) is 9.59 Å². The van der Waals surface area contributed by atoms with E-state index in [9.17, 15) is 9.59 Å². The van der Waals surface area contributed by atoms with Crippen LogP contribution < -0.4 is 5.32 Å². The molecule has 0 bridgehead atoms. The second-order valence-electron chi connectivity index (χ2n) is 5.12. The number of ether oxygens (including phenoxy) is 2. The van der Waals surface area contributed by atoms with Crippen LogP contribution in [0.1, 0.15) is 18.5 Å². The average Bonchev–Trinajstić information content (AvgIpc) is 2.53. The van der Waals surface area contributed by atoms with Crippen molar-refractivity contribution in [1.29, 1.82) is 0 Å². The second-order valence-corrected chi connectivity index (χ2v) is 6.04. The van der Waals surface area contributed by atoms with Crippen molar-refractivity contribution in [2.45, 2.75) is 13.0 Å². The molecule has 1 atom stereocenters. The summed E-state index contributed by atoms with van der Waals surface area (Å²) >= 11 is 3.38. The molecule has 23 heavy (non-hydrogen) atoms. The molecule has 1 aromatic carbocycles. The standard InChI is InChI=1S/C16H19BrN2O4/c1-10-13(15(20)23-9-8-22-3)14(18-16(21)19(10)2)11-4-6-12(17)7-5-11/h4-7,14H,8-9H2,1-3H3,(H,18,21). The Kier molecular flexibility index (Phi) is 5.79. The molecule has 0 radical (unpaired) electrons. The lowest BCUT2D eigenvalue weighted by Crippen LogP contribution is -2.46. The first-order valence-electron chi connectivity index (χ1n) is 7.12. The molecule has 1 N–H and O–H groups in total. The van der Waals surface area contributed by atoms with Crippen LogP contribution in [0, 0.1) is 0 Å². The highest BCUT2D eigenvalue weighted by Gasteiger charge is 2.34. The van der Waals surface area contributed by atoms with Crippen molar-refractivity contribution in [3.8, 4) is 0 Å². The first-order valence-corrected chi connectivity index (χ1v) is 7.91. The topological polar surface area (TPSA) is 67.9 Å². The fraction of sp³-hybridized carbons (Fsp3) is 0.375. The maximum atomic E-state index is 12.5. The Bertz CT molecular complexity index is 627. The van der Waals surface area contributed by atoms with Gasteiger partial charge in [-0.15, -0.1) is 0 Å². The minimum Gasteiger partial charge on any atom is -0.460 e. The van der Waals surface area contributed by atoms with E-state index in [0.29, 0.717) is 17.9 Å². The SMILES string of the molecule is COCCOC(=O)C1=C(C)N(C)C(=O)NC1c1ccc(Br)cc1. The quantitative estimate of drug-likeness (QED) is 0.627. The molecule has 1 unspecified atom stereocenters. The van der Waals surface area contributed by atoms with Crippen LogP contribution in [0.3, 0.4) is 0 Å². The number of esters is 1. The summed E-state index contributed by atoms with van der Waals surface area (Å²) < 4.78 is 11.1. The molecule has 7 heteroatoms. The number of allylic oxidation sites excluding steroid dienone is 1. The number of hydrogen-bond donors (Lipinski definition) is 1. The number of halogens is 1. The van der Waals surface area contributed by atoms with Crippen molar-refractivity contribution in [3.63, 3.8) is 0 Å². The first kappa shape index (κ1) is 17.5. The summed E-state index contributed by atoms with van der Waals surface area (Å²) in [5.74, 6) is -0.459. The lowest BCUT2D eigenvalue weighted by atomic mass is 9.95. The number of benzene rings is 1. The minimum atomic E-state index is -0.540. The van der Waals surface area contributed by atoms with Gasteiger partial charge in [-0.3, -0.25) is 0 Å². The molecule has 124 valence electrons. The number of hydrogen-bond acceptors (Lipinski definition) is 4. The van der Waals surface area contributed by atoms with Gasteiger partial charge in [0.15, 0.2) is 0 Å². The normalized spacial score (nSPS) is 18.0. The minimum absolute atomic E-state index is 0.164. The smallest absolute Gasteiger partial charge is 0.338 e. The third kappa shape index (κ3) is 3.92. The van der Waals surface area contributed by atoms with Crippen LogP contribution >= 0.6 is 15.9 Å². The molecule has 1 aliphatic heterocycles. The van der Waals surface area contributed by atoms with E-state index in [-0.39, 0.29) is 12.6 Å². The molecule has 1 aromatic rings. The van der Waals surface area contributed by atoms with Gasteiger partial charge in [-0.05, 0) is 24.6 Å². The Labute approximate surface area is 143 Å². The Morgan fingerprint density at radius 3 is 2.57 bits per heavy atom. The first-order chi connectivity index (χ1) is 11.0. The van der Waals surface area contributed by atoms with Crippen molar-refractivity contribution >= 4 is 27.9 Å². The van der Waals surface area contributed by atoms with E-state index < -0.39 is 12.0 Å². The van der Waals surface area contributed by atoms with E-state index in [1.54, 1.807) is 14.0 Å². The molecule has 6 nitrogen and oxygen atoms in total. The highest BCUT2D eigenvalue weighted by Crippen LogP contribution is 2.31. The van der Waals surface area contributed by atoms with Gasteiger partial charge < -0.3 is 19.7 Å². The van der Waals surface area contributed by atoms with Gasteiger partial charge in [-0.2, -0.15) is 0 Å². The second kappa shape index (κ2) is 7.61. The van der Waals surface area contributed by atoms with Gasteiger partial charge in [0.25, 0.3) is 0 Å². The van der Waals surface area contributed by atoms with Crippen molar-refractivity contribution in [2.75, 3.05) is 27.4 Å². The molecule has 0 saturated heterocycles. The van der Waals surface area contributed by atoms with Gasteiger partial charge in [-0.1, -0.05) is 28.1 Å². The van der Waals surface area contributed by atoms with Crippen LogP contribution in [0.4, 0.5) is 4.79 Å². The summed E-state index contributed by atoms with van der Waals surface area (Å²) in [7, 11) is 3.16. The zero-order chi connectivity index (χ0) is 17.0. The predicted molar refractivity (Wildman–Crippen MR) is 88.7 cm³/mol. The summed E-state index contributed by atoms with van der Waals surface area (Å²) in [6.45, 7) is 2.22. The maximum absolute atomic E-state index is 12.5. The molecular formula is C16H19BrN2O4. The van der Waals surface area contributed by atoms with Gasteiger partial charge >= 0.3 is 12.0 Å². The third-order valence-corrected chi connectivity index (χ3v) is 4.23. The molecule has 2 rings (SSSR count). The van der Waals surface area contributed by atoms with Crippen LogP contribution in [0.2, 0.25) is 0 Å². The molecule has 0 aliphatic carbocycles. The fourth-order valence-electron chi connectivity index (χ4n) is 2.30. The largest absolute Gasteiger partial charge is 0.460 e. The number of amides is 2. The molecule has 0 fully saturated rings. The highest BCUT2D eigenvalue weighted by molar-refractivity contribution is 9.10. The number of nitrogens with one attached hydrogen (secondary N) is 1. The van der Waals surface area contributed by atoms with E-state index in [1.165, 1.54) is 12.0 Å². The van der Waals surface area contributed by atoms with Gasteiger partial charge in [0.05, 0.1) is 18.2 Å². The van der Waals surface area contributed by atoms with Crippen LogP contribution in [0.15, 0.2) is 40.0 Å². The maximum Gasteiger partial charge on any atom is 0.338 e. The zero-order valence-electron chi connectivity index (χ0n) is 13.3. The molecule has 0 spiro atoms. The lowest BCUT2D eigenvalue weighted by Gasteiger charge is -2.33. The monoisotopic (exact) mass is 382 g/mol. The van der Waals surface area contributed by atoms with Crippen LogP contribution in [-0.4, -0.2) is 44.3 Å². The summed E-state index contributed by atoms with van der Waals surface area (Å²) in [4.78, 5) is 26.0. The number of rotatable bonds is 5. The van der Waals surface area contributed by atoms with Crippen molar-refractivity contribution in [2.24, 2.45) is 0 Å². The zero-order valence-corrected chi connectivity index (χ0v) is 14.8. The van der Waals surface area contributed by atoms with E-state index in [1.807, 2.05) is 24.3 Å². The molecule has 1 aliphatic rings. The van der Waals surface area contributed by atoms with Crippen molar-refractivity contribution in [3.05, 3.63) is 45.6 Å². The Balaban J connectivity index is 2.35. The molecule has 0 saturated carbocycles. The van der Waals surface area contributed by atoms with Crippen LogP contribution in [0.25, 0.3) is 0 Å². The molecule has 0 aromatic heterocycles. The number of methoxy groups -OCH3 is 1. The molecule has 1 heterocycles. The number of nitrogens with zero attached hydrogens (tertiary/aromatic N) is 1. The average molecular weight is 383 g/mol. The number of urea groups is 1. The number of carbonyl (C=O) groups is 2. The molecular weight excluding hydrogens is 364 g/mol. The van der Waals surface area contributed by atoms with Crippen LogP contribution in [0.5, 0.6) is 0 Å². The summed E-state index contributed by atoms with van der Waals surface area (Å²) in [6.07, 6.45) is 0. The fourth-order valence-corrected chi connectivity index (χ4v) is 2.56. The van der Waals surface area contributed by atoms with Crippen molar-refractivity contribution < 1.29 is 19.1 Å². The highest BCUT2D eigenvalue weighted by atomic mass is 79.9. The predicted octanol–water partition coefficient (Wildman–Crippen LogP) is 2.61. The van der Waals surface area contributed by atoms with Crippen LogP contribution in [-0.2, 0) is 14.3 Å². The Hall–Kier alpha value is -1.86. The van der Waals surface area contributed by atoms with Gasteiger partial charge in [0.1, 0.15) is 6.61 Å². The summed E-state index contributed by atoms with van der Waals surface area (Å²) in [5, 5.41) is 2.84. The van der Waals surface area contributed by atoms with E-state index in [4.69, 9.17) is 9.47 Å². The summed E-state index contributed by atoms with van der Waals surface area (Å²) in [5.41, 5.74) is 1.81. The third-order valence-electron chi connectivity index (χ3n) is 3.70. The van der Waals surface area contributed by atoms with E-state index >= 15 is 0 Å². The summed E-state index contributed by atoms with van der Waals surface area (Å²) in [6, 6.07) is 6.64. The Morgan fingerprint density at radius 1 is 1.30 bits per heavy atom. The van der Waals surface area contributed by atoms with E-state index in [2.05, 4.69) is 21.2 Å². The van der Waals surface area contributed by atoms with Gasteiger partial charge in [0, 0.05) is 24.3 Å². The lowest BCUT2D eigenvalue weighted by molar-refractivity contribution is -0.140. The number of carbonyl (C=O) groups excluding carboxylic acids is 2. The molecule has 2 amide bonds.